The van der Waals surface area contributed by atoms with Crippen LogP contribution in [0.4, 0.5) is 0 Å². The van der Waals surface area contributed by atoms with Gasteiger partial charge in [0.2, 0.25) is 0 Å². The van der Waals surface area contributed by atoms with Crippen molar-refractivity contribution in [2.24, 2.45) is 13.0 Å². The zero-order valence-electron chi connectivity index (χ0n) is 17.0. The van der Waals surface area contributed by atoms with Crippen molar-refractivity contribution in [3.05, 3.63) is 57.5 Å². The molecule has 0 spiro atoms. The van der Waals surface area contributed by atoms with E-state index in [-0.39, 0.29) is 23.3 Å². The van der Waals surface area contributed by atoms with E-state index in [0.29, 0.717) is 36.7 Å². The van der Waals surface area contributed by atoms with Gasteiger partial charge in [-0.15, -0.1) is 0 Å². The van der Waals surface area contributed by atoms with Crippen LogP contribution in [0.15, 0.2) is 29.3 Å². The van der Waals surface area contributed by atoms with Crippen LogP contribution in [0.25, 0.3) is 11.4 Å². The highest BCUT2D eigenvalue weighted by Crippen LogP contribution is 2.36. The molecule has 0 unspecified atom stereocenters. The first-order chi connectivity index (χ1) is 14.6. The van der Waals surface area contributed by atoms with Gasteiger partial charge in [-0.25, -0.2) is 4.98 Å². The molecular formula is C22H24N6O2. The Morgan fingerprint density at radius 3 is 2.93 bits per heavy atom. The SMILES string of the molecule is Cn1ccnc1-c1ccc2n(c1=O)C[C@H]1C[C@@H]2CN(C(=O)c2n[nH]c3c2CCC3)C1. The molecule has 2 aliphatic heterocycles. The van der Waals surface area contributed by atoms with Gasteiger partial charge in [0.1, 0.15) is 5.82 Å². The number of rotatable bonds is 2. The van der Waals surface area contributed by atoms with E-state index in [1.165, 1.54) is 0 Å². The number of likely N-dealkylation sites (tertiary alicyclic amines) is 1. The van der Waals surface area contributed by atoms with E-state index in [1.807, 2.05) is 39.4 Å². The number of hydrogen-bond donors (Lipinski definition) is 1. The van der Waals surface area contributed by atoms with Gasteiger partial charge in [0, 0.05) is 61.9 Å². The van der Waals surface area contributed by atoms with Crippen molar-refractivity contribution in [2.75, 3.05) is 13.1 Å². The quantitative estimate of drug-likeness (QED) is 0.704. The third kappa shape index (κ3) is 2.52. The van der Waals surface area contributed by atoms with Crippen LogP contribution in [0, 0.1) is 5.92 Å². The number of nitrogens with one attached hydrogen (secondary N) is 1. The van der Waals surface area contributed by atoms with E-state index < -0.39 is 0 Å². The number of nitrogens with zero attached hydrogens (tertiary/aromatic N) is 5. The summed E-state index contributed by atoms with van der Waals surface area (Å²) in [5.74, 6) is 1.18. The van der Waals surface area contributed by atoms with E-state index in [1.54, 1.807) is 6.20 Å². The molecular weight excluding hydrogens is 380 g/mol. The minimum atomic E-state index is 0.0152. The Labute approximate surface area is 173 Å². The van der Waals surface area contributed by atoms with E-state index in [0.717, 1.165) is 42.6 Å². The molecule has 1 N–H and O–H groups in total. The summed E-state index contributed by atoms with van der Waals surface area (Å²) in [4.78, 5) is 32.8. The second-order valence-corrected chi connectivity index (χ2v) is 8.84. The Balaban J connectivity index is 1.32. The van der Waals surface area contributed by atoms with Crippen molar-refractivity contribution in [1.82, 2.24) is 29.2 Å². The standard InChI is InChI=1S/C22H24N6O2/c1-26-8-7-23-20(26)16-5-6-18-14-9-13(11-28(18)21(16)29)10-27(12-14)22(30)19-15-3-2-4-17(15)24-25-19/h5-8,13-14H,2-4,9-12H2,1H3,(H,24,25)/t13-,14+/m0/s1. The number of carbonyl (C=O) groups is 1. The molecule has 8 heteroatoms. The molecule has 1 fully saturated rings. The molecule has 3 aromatic heterocycles. The highest BCUT2D eigenvalue weighted by Gasteiger charge is 2.38. The molecule has 154 valence electrons. The third-order valence-corrected chi connectivity index (χ3v) is 6.96. The summed E-state index contributed by atoms with van der Waals surface area (Å²) in [7, 11) is 1.90. The number of imidazole rings is 1. The number of H-pyrrole nitrogens is 1. The number of hydrogen-bond acceptors (Lipinski definition) is 4. The molecule has 1 amide bonds. The summed E-state index contributed by atoms with van der Waals surface area (Å²) in [6.45, 7) is 1.96. The minimum Gasteiger partial charge on any atom is -0.336 e. The smallest absolute Gasteiger partial charge is 0.274 e. The van der Waals surface area contributed by atoms with Crippen molar-refractivity contribution in [3.8, 4) is 11.4 Å². The van der Waals surface area contributed by atoms with Gasteiger partial charge in [0.15, 0.2) is 5.69 Å². The van der Waals surface area contributed by atoms with Crippen molar-refractivity contribution in [3.63, 3.8) is 0 Å². The molecule has 0 radical (unpaired) electrons. The summed E-state index contributed by atoms with van der Waals surface area (Å²) >= 11 is 0. The second-order valence-electron chi connectivity index (χ2n) is 8.84. The summed E-state index contributed by atoms with van der Waals surface area (Å²) in [5.41, 5.74) is 4.50. The molecule has 1 saturated heterocycles. The van der Waals surface area contributed by atoms with Crippen LogP contribution in [0.5, 0.6) is 0 Å². The average molecular weight is 404 g/mol. The van der Waals surface area contributed by atoms with Crippen LogP contribution in [-0.2, 0) is 26.4 Å². The van der Waals surface area contributed by atoms with Gasteiger partial charge in [-0.05, 0) is 43.7 Å². The highest BCUT2D eigenvalue weighted by atomic mass is 16.2. The topological polar surface area (TPSA) is 88.8 Å². The fraction of sp³-hybridized carbons (Fsp3) is 0.455. The molecule has 6 rings (SSSR count). The first-order valence-electron chi connectivity index (χ1n) is 10.7. The maximum Gasteiger partial charge on any atom is 0.274 e. The second kappa shape index (κ2) is 6.42. The van der Waals surface area contributed by atoms with Gasteiger partial charge in [-0.3, -0.25) is 14.7 Å². The first-order valence-corrected chi connectivity index (χ1v) is 10.7. The third-order valence-electron chi connectivity index (χ3n) is 6.96. The van der Waals surface area contributed by atoms with E-state index in [4.69, 9.17) is 0 Å². The lowest BCUT2D eigenvalue weighted by molar-refractivity contribution is 0.0588. The fourth-order valence-corrected chi connectivity index (χ4v) is 5.55. The van der Waals surface area contributed by atoms with E-state index in [9.17, 15) is 9.59 Å². The molecule has 30 heavy (non-hydrogen) atoms. The van der Waals surface area contributed by atoms with E-state index in [2.05, 4.69) is 15.2 Å². The Morgan fingerprint density at radius 2 is 2.10 bits per heavy atom. The first kappa shape index (κ1) is 17.7. The van der Waals surface area contributed by atoms with Crippen LogP contribution >= 0.6 is 0 Å². The van der Waals surface area contributed by atoms with E-state index >= 15 is 0 Å². The molecule has 2 bridgehead atoms. The molecule has 0 aromatic carbocycles. The van der Waals surface area contributed by atoms with Gasteiger partial charge in [0.05, 0.1) is 5.56 Å². The number of fused-ring (bicyclic) bond motifs is 5. The van der Waals surface area contributed by atoms with Crippen molar-refractivity contribution >= 4 is 5.91 Å². The Kier molecular flexibility index (Phi) is 3.78. The number of pyridine rings is 1. The minimum absolute atomic E-state index is 0.0152. The van der Waals surface area contributed by atoms with Crippen LogP contribution in [-0.4, -0.2) is 48.2 Å². The van der Waals surface area contributed by atoms with Gasteiger partial charge in [0.25, 0.3) is 11.5 Å². The molecule has 8 nitrogen and oxygen atoms in total. The normalized spacial score (nSPS) is 22.1. The molecule has 2 atom stereocenters. The number of aromatic nitrogens is 5. The summed E-state index contributed by atoms with van der Waals surface area (Å²) < 4.78 is 3.78. The van der Waals surface area contributed by atoms with Crippen LogP contribution in [0.2, 0.25) is 0 Å². The lowest BCUT2D eigenvalue weighted by Crippen LogP contribution is -2.49. The number of aromatic amines is 1. The Hall–Kier alpha value is -3.16. The van der Waals surface area contributed by atoms with Crippen molar-refractivity contribution < 1.29 is 4.79 Å². The van der Waals surface area contributed by atoms with Gasteiger partial charge in [-0.2, -0.15) is 5.10 Å². The molecule has 3 aliphatic rings. The lowest BCUT2D eigenvalue weighted by Gasteiger charge is -2.42. The maximum absolute atomic E-state index is 13.2. The van der Waals surface area contributed by atoms with Gasteiger partial charge >= 0.3 is 0 Å². The van der Waals surface area contributed by atoms with Gasteiger partial charge < -0.3 is 14.0 Å². The largest absolute Gasteiger partial charge is 0.336 e. The van der Waals surface area contributed by atoms with Crippen LogP contribution < -0.4 is 5.56 Å². The Bertz CT molecular complexity index is 1220. The van der Waals surface area contributed by atoms with Gasteiger partial charge in [-0.1, -0.05) is 0 Å². The number of aryl methyl sites for hydroxylation is 2. The zero-order chi connectivity index (χ0) is 20.4. The highest BCUT2D eigenvalue weighted by molar-refractivity contribution is 5.94. The van der Waals surface area contributed by atoms with Crippen LogP contribution in [0.1, 0.15) is 46.2 Å². The summed E-state index contributed by atoms with van der Waals surface area (Å²) in [6.07, 6.45) is 7.58. The van der Waals surface area contributed by atoms with Crippen LogP contribution in [0.3, 0.4) is 0 Å². The number of amides is 1. The molecule has 3 aromatic rings. The predicted molar refractivity (Wildman–Crippen MR) is 110 cm³/mol. The molecule has 1 aliphatic carbocycles. The summed E-state index contributed by atoms with van der Waals surface area (Å²) in [5, 5.41) is 7.39. The zero-order valence-corrected chi connectivity index (χ0v) is 17.0. The van der Waals surface area contributed by atoms with Crippen molar-refractivity contribution in [2.45, 2.75) is 38.1 Å². The number of carbonyl (C=O) groups excluding carboxylic acids is 1. The number of piperidine rings is 1. The van der Waals surface area contributed by atoms with Crippen molar-refractivity contribution in [1.29, 1.82) is 0 Å². The maximum atomic E-state index is 13.2. The average Bonchev–Trinajstić information content (AvgIpc) is 3.45. The Morgan fingerprint density at radius 1 is 1.20 bits per heavy atom. The molecule has 0 saturated carbocycles. The lowest BCUT2D eigenvalue weighted by atomic mass is 9.82. The molecule has 5 heterocycles. The predicted octanol–water partition coefficient (Wildman–Crippen LogP) is 1.72. The fourth-order valence-electron chi connectivity index (χ4n) is 5.55. The monoisotopic (exact) mass is 404 g/mol. The summed E-state index contributed by atoms with van der Waals surface area (Å²) in [6, 6.07) is 3.94.